The molecule has 2 aliphatic heterocycles. The molecule has 24 heavy (non-hydrogen) atoms. The molecule has 3 heterocycles. The Morgan fingerprint density at radius 3 is 2.71 bits per heavy atom. The molecule has 2 fully saturated rings. The Bertz CT molecular complexity index is 711. The predicted octanol–water partition coefficient (Wildman–Crippen LogP) is 2.44. The summed E-state index contributed by atoms with van der Waals surface area (Å²) in [5.74, 6) is -0.578. The van der Waals surface area contributed by atoms with Crippen LogP contribution in [0.25, 0.3) is 6.08 Å². The fourth-order valence-corrected chi connectivity index (χ4v) is 3.62. The van der Waals surface area contributed by atoms with Crippen molar-refractivity contribution in [1.29, 1.82) is 0 Å². The summed E-state index contributed by atoms with van der Waals surface area (Å²) in [6.45, 7) is 3.10. The van der Waals surface area contributed by atoms with Crippen molar-refractivity contribution in [3.63, 3.8) is 0 Å². The molecule has 0 saturated carbocycles. The fourth-order valence-electron chi connectivity index (χ4n) is 2.79. The van der Waals surface area contributed by atoms with Crippen LogP contribution in [-0.4, -0.2) is 51.5 Å². The number of aromatic nitrogens is 1. The molecule has 0 aromatic carbocycles. The van der Waals surface area contributed by atoms with Crippen molar-refractivity contribution < 1.29 is 14.4 Å². The van der Waals surface area contributed by atoms with Crippen LogP contribution in [0.1, 0.15) is 30.7 Å². The molecule has 2 saturated heterocycles. The summed E-state index contributed by atoms with van der Waals surface area (Å²) in [7, 11) is 0. The van der Waals surface area contributed by atoms with E-state index in [2.05, 4.69) is 4.98 Å². The van der Waals surface area contributed by atoms with E-state index in [0.29, 0.717) is 23.7 Å². The number of hydrogen-bond donors (Lipinski definition) is 0. The highest BCUT2D eigenvalue weighted by molar-refractivity contribution is 8.18. The van der Waals surface area contributed by atoms with Gasteiger partial charge in [0, 0.05) is 18.8 Å². The van der Waals surface area contributed by atoms with Gasteiger partial charge < -0.3 is 4.90 Å². The largest absolute Gasteiger partial charge is 0.341 e. The van der Waals surface area contributed by atoms with Crippen molar-refractivity contribution in [2.75, 3.05) is 19.6 Å². The van der Waals surface area contributed by atoms with E-state index in [1.807, 2.05) is 19.1 Å². The first kappa shape index (κ1) is 16.7. The molecule has 0 unspecified atom stereocenters. The van der Waals surface area contributed by atoms with Gasteiger partial charge in [-0.3, -0.25) is 24.3 Å². The van der Waals surface area contributed by atoms with Crippen molar-refractivity contribution in [3.8, 4) is 0 Å². The van der Waals surface area contributed by atoms with Crippen molar-refractivity contribution in [1.82, 2.24) is 14.8 Å². The van der Waals surface area contributed by atoms with Crippen LogP contribution >= 0.6 is 11.8 Å². The van der Waals surface area contributed by atoms with Gasteiger partial charge in [-0.05, 0) is 56.2 Å². The highest BCUT2D eigenvalue weighted by Gasteiger charge is 2.37. The van der Waals surface area contributed by atoms with E-state index in [9.17, 15) is 14.4 Å². The molecule has 0 aliphatic carbocycles. The summed E-state index contributed by atoms with van der Waals surface area (Å²) in [5.41, 5.74) is 1.46. The van der Waals surface area contributed by atoms with Gasteiger partial charge in [0.2, 0.25) is 5.91 Å². The normalized spacial score (nSPS) is 20.1. The van der Waals surface area contributed by atoms with Gasteiger partial charge in [-0.25, -0.2) is 0 Å². The molecular formula is C17H19N3O3S. The number of thioether (sulfide) groups is 1. The first-order valence-corrected chi connectivity index (χ1v) is 8.83. The molecule has 1 aromatic rings. The average Bonchev–Trinajstić information content (AvgIpc) is 2.83. The molecule has 0 bridgehead atoms. The number of likely N-dealkylation sites (tertiary alicyclic amines) is 1. The summed E-state index contributed by atoms with van der Waals surface area (Å²) < 4.78 is 0. The third kappa shape index (κ3) is 3.67. The predicted molar refractivity (Wildman–Crippen MR) is 92.1 cm³/mol. The number of piperidine rings is 1. The maximum Gasteiger partial charge on any atom is 0.294 e. The van der Waals surface area contributed by atoms with Crippen LogP contribution in [0, 0.1) is 6.92 Å². The maximum absolute atomic E-state index is 12.4. The lowest BCUT2D eigenvalue weighted by Gasteiger charge is -2.27. The van der Waals surface area contributed by atoms with Gasteiger partial charge in [-0.1, -0.05) is 6.07 Å². The number of nitrogens with zero attached hydrogens (tertiary/aromatic N) is 3. The molecule has 2 aliphatic rings. The number of amides is 3. The van der Waals surface area contributed by atoms with Crippen molar-refractivity contribution in [2.45, 2.75) is 26.2 Å². The van der Waals surface area contributed by atoms with Crippen LogP contribution in [0.4, 0.5) is 4.79 Å². The van der Waals surface area contributed by atoms with Crippen LogP contribution in [0.15, 0.2) is 23.1 Å². The molecule has 0 atom stereocenters. The SMILES string of the molecule is Cc1cccc(/C=C2/SC(=O)N(CC(=O)N3CCCCC3)C2=O)n1. The lowest BCUT2D eigenvalue weighted by atomic mass is 10.1. The van der Waals surface area contributed by atoms with E-state index in [1.165, 1.54) is 0 Å². The van der Waals surface area contributed by atoms with E-state index in [0.717, 1.165) is 41.6 Å². The first-order chi connectivity index (χ1) is 11.5. The van der Waals surface area contributed by atoms with Gasteiger partial charge in [0.25, 0.3) is 11.1 Å². The first-order valence-electron chi connectivity index (χ1n) is 8.01. The molecule has 0 radical (unpaired) electrons. The smallest absolute Gasteiger partial charge is 0.294 e. The molecule has 0 N–H and O–H groups in total. The van der Waals surface area contributed by atoms with E-state index in [4.69, 9.17) is 0 Å². The second kappa shape index (κ2) is 7.17. The Kier molecular flexibility index (Phi) is 4.99. The second-order valence-corrected chi connectivity index (χ2v) is 6.91. The maximum atomic E-state index is 12.4. The highest BCUT2D eigenvalue weighted by Crippen LogP contribution is 2.32. The zero-order valence-electron chi connectivity index (χ0n) is 13.5. The third-order valence-electron chi connectivity index (χ3n) is 4.06. The van der Waals surface area contributed by atoms with Gasteiger partial charge in [0.1, 0.15) is 6.54 Å². The third-order valence-corrected chi connectivity index (χ3v) is 4.97. The van der Waals surface area contributed by atoms with Gasteiger partial charge >= 0.3 is 0 Å². The minimum absolute atomic E-state index is 0.160. The standard InChI is InChI=1S/C17H19N3O3S/c1-12-6-5-7-13(18-12)10-14-16(22)20(17(23)24-14)11-15(21)19-8-3-2-4-9-19/h5-7,10H,2-4,8-9,11H2,1H3/b14-10+. The Hall–Kier alpha value is -2.15. The monoisotopic (exact) mass is 345 g/mol. The number of pyridine rings is 1. The van der Waals surface area contributed by atoms with E-state index < -0.39 is 11.1 Å². The molecule has 7 heteroatoms. The molecule has 3 rings (SSSR count). The van der Waals surface area contributed by atoms with E-state index in [-0.39, 0.29) is 12.5 Å². The number of imide groups is 1. The summed E-state index contributed by atoms with van der Waals surface area (Å²) >= 11 is 0.859. The lowest BCUT2D eigenvalue weighted by molar-refractivity contribution is -0.136. The Labute approximate surface area is 144 Å². The highest BCUT2D eigenvalue weighted by atomic mass is 32.2. The zero-order chi connectivity index (χ0) is 17.1. The molecular weight excluding hydrogens is 326 g/mol. The summed E-state index contributed by atoms with van der Waals surface area (Å²) in [6, 6.07) is 5.48. The minimum atomic E-state index is -0.418. The van der Waals surface area contributed by atoms with Crippen LogP contribution in [0.5, 0.6) is 0 Å². The van der Waals surface area contributed by atoms with Gasteiger partial charge in [0.05, 0.1) is 10.6 Å². The average molecular weight is 345 g/mol. The zero-order valence-corrected chi connectivity index (χ0v) is 14.3. The number of carbonyl (C=O) groups excluding carboxylic acids is 3. The number of rotatable bonds is 3. The Balaban J connectivity index is 1.71. The quantitative estimate of drug-likeness (QED) is 0.787. The Morgan fingerprint density at radius 1 is 1.25 bits per heavy atom. The van der Waals surface area contributed by atoms with Crippen molar-refractivity contribution in [3.05, 3.63) is 34.5 Å². The van der Waals surface area contributed by atoms with Crippen molar-refractivity contribution >= 4 is 34.9 Å². The summed E-state index contributed by atoms with van der Waals surface area (Å²) in [6.07, 6.45) is 4.68. The van der Waals surface area contributed by atoms with Gasteiger partial charge in [0.15, 0.2) is 0 Å². The topological polar surface area (TPSA) is 70.6 Å². The van der Waals surface area contributed by atoms with Crippen molar-refractivity contribution in [2.24, 2.45) is 0 Å². The van der Waals surface area contributed by atoms with Crippen LogP contribution in [-0.2, 0) is 9.59 Å². The fraction of sp³-hybridized carbons (Fsp3) is 0.412. The molecule has 0 spiro atoms. The van der Waals surface area contributed by atoms with Crippen LogP contribution in [0.3, 0.4) is 0 Å². The van der Waals surface area contributed by atoms with E-state index in [1.54, 1.807) is 17.0 Å². The molecule has 6 nitrogen and oxygen atoms in total. The summed E-state index contributed by atoms with van der Waals surface area (Å²) in [4.78, 5) is 44.2. The molecule has 3 amide bonds. The number of aryl methyl sites for hydroxylation is 1. The van der Waals surface area contributed by atoms with Gasteiger partial charge in [-0.2, -0.15) is 0 Å². The molecule has 126 valence electrons. The van der Waals surface area contributed by atoms with Crippen LogP contribution < -0.4 is 0 Å². The number of carbonyl (C=O) groups is 3. The lowest BCUT2D eigenvalue weighted by Crippen LogP contribution is -2.44. The second-order valence-electron chi connectivity index (χ2n) is 5.91. The molecule has 1 aromatic heterocycles. The minimum Gasteiger partial charge on any atom is -0.341 e. The number of hydrogen-bond acceptors (Lipinski definition) is 5. The van der Waals surface area contributed by atoms with E-state index >= 15 is 0 Å². The Morgan fingerprint density at radius 2 is 2.00 bits per heavy atom. The summed E-state index contributed by atoms with van der Waals surface area (Å²) in [5, 5.41) is -0.399. The van der Waals surface area contributed by atoms with Crippen LogP contribution in [0.2, 0.25) is 0 Å². The van der Waals surface area contributed by atoms with Gasteiger partial charge in [-0.15, -0.1) is 0 Å².